The average Bonchev–Trinajstić information content (AvgIpc) is 2.51. The molecule has 0 fully saturated rings. The van der Waals surface area contributed by atoms with Gasteiger partial charge in [0.25, 0.3) is 0 Å². The van der Waals surface area contributed by atoms with Crippen molar-refractivity contribution in [1.29, 1.82) is 0 Å². The molecule has 111 valence electrons. The third kappa shape index (κ3) is 10.6. The monoisotopic (exact) mass is 325 g/mol. The standard InChI is InChI=1S/3C7H7.Cr/c3*1-7-5-3-2-4-6-7;/h3*2-6H,1H2;/q3*-1;+3. The van der Waals surface area contributed by atoms with Gasteiger partial charge < -0.3 is 0 Å². The van der Waals surface area contributed by atoms with E-state index in [1.54, 1.807) is 0 Å². The first-order chi connectivity index (χ1) is 10.2. The second-order valence-electron chi connectivity index (χ2n) is 4.46. The maximum absolute atomic E-state index is 3.72. The molecular weight excluding hydrogens is 304 g/mol. The van der Waals surface area contributed by atoms with Gasteiger partial charge in [-0.25, -0.2) is 0 Å². The third-order valence-electron chi connectivity index (χ3n) is 2.53. The largest absolute Gasteiger partial charge is 3.00 e. The van der Waals surface area contributed by atoms with Crippen LogP contribution in [-0.4, -0.2) is 0 Å². The van der Waals surface area contributed by atoms with Gasteiger partial charge in [-0.15, -0.1) is 36.4 Å². The molecule has 0 aliphatic rings. The number of benzene rings is 3. The van der Waals surface area contributed by atoms with Crippen LogP contribution in [0.4, 0.5) is 0 Å². The molecule has 0 heterocycles. The van der Waals surface area contributed by atoms with Crippen molar-refractivity contribution < 1.29 is 17.4 Å². The summed E-state index contributed by atoms with van der Waals surface area (Å²) in [5, 5.41) is 0. The summed E-state index contributed by atoms with van der Waals surface area (Å²) in [6.07, 6.45) is 0. The molecule has 3 aromatic carbocycles. The van der Waals surface area contributed by atoms with Gasteiger partial charge in [0.1, 0.15) is 0 Å². The van der Waals surface area contributed by atoms with E-state index in [9.17, 15) is 0 Å². The van der Waals surface area contributed by atoms with Crippen LogP contribution in [0.25, 0.3) is 0 Å². The molecule has 0 N–H and O–H groups in total. The maximum atomic E-state index is 3.72. The van der Waals surface area contributed by atoms with Gasteiger partial charge in [0.05, 0.1) is 0 Å². The van der Waals surface area contributed by atoms with Crippen LogP contribution >= 0.6 is 0 Å². The summed E-state index contributed by atoms with van der Waals surface area (Å²) in [6.45, 7) is 11.2. The molecule has 1 heteroatoms. The Morgan fingerprint density at radius 2 is 0.545 bits per heavy atom. The first-order valence-corrected chi connectivity index (χ1v) is 6.79. The van der Waals surface area contributed by atoms with Gasteiger partial charge in [0.2, 0.25) is 0 Å². The summed E-state index contributed by atoms with van der Waals surface area (Å²) >= 11 is 0. The molecule has 0 unspecified atom stereocenters. The van der Waals surface area contributed by atoms with Crippen molar-refractivity contribution in [2.24, 2.45) is 0 Å². The molecule has 0 saturated heterocycles. The van der Waals surface area contributed by atoms with E-state index in [0.29, 0.717) is 0 Å². The summed E-state index contributed by atoms with van der Waals surface area (Å²) in [4.78, 5) is 0. The van der Waals surface area contributed by atoms with Crippen LogP contribution in [0.5, 0.6) is 0 Å². The third-order valence-corrected chi connectivity index (χ3v) is 2.53. The van der Waals surface area contributed by atoms with Crippen LogP contribution in [0.3, 0.4) is 0 Å². The van der Waals surface area contributed by atoms with E-state index in [0.717, 1.165) is 16.7 Å². The first-order valence-electron chi connectivity index (χ1n) is 6.79. The summed E-state index contributed by atoms with van der Waals surface area (Å²) in [7, 11) is 0. The molecule has 0 nitrogen and oxygen atoms in total. The Morgan fingerprint density at radius 3 is 0.636 bits per heavy atom. The van der Waals surface area contributed by atoms with Crippen molar-refractivity contribution in [2.75, 3.05) is 0 Å². The second-order valence-corrected chi connectivity index (χ2v) is 4.46. The first kappa shape index (κ1) is 19.8. The Morgan fingerprint density at radius 1 is 0.364 bits per heavy atom. The zero-order valence-electron chi connectivity index (χ0n) is 12.7. The molecule has 0 atom stereocenters. The van der Waals surface area contributed by atoms with Gasteiger partial charge in [-0.2, -0.15) is 73.9 Å². The van der Waals surface area contributed by atoms with Crippen LogP contribution in [0.15, 0.2) is 91.0 Å². The van der Waals surface area contributed by atoms with Gasteiger partial charge in [0.15, 0.2) is 0 Å². The summed E-state index contributed by atoms with van der Waals surface area (Å²) in [5.74, 6) is 0. The van der Waals surface area contributed by atoms with E-state index < -0.39 is 0 Å². The Bertz CT molecular complexity index is 485. The quantitative estimate of drug-likeness (QED) is 0.472. The van der Waals surface area contributed by atoms with Crippen molar-refractivity contribution in [3.05, 3.63) is 128 Å². The SMILES string of the molecule is [CH2-]c1ccccc1.[CH2-]c1ccccc1.[CH2-]c1ccccc1.[Cr+3]. The van der Waals surface area contributed by atoms with Crippen LogP contribution in [0, 0.1) is 20.8 Å². The number of hydrogen-bond acceptors (Lipinski definition) is 0. The smallest absolute Gasteiger partial charge is 0.199 e. The summed E-state index contributed by atoms with van der Waals surface area (Å²) in [6, 6.07) is 29.6. The van der Waals surface area contributed by atoms with Crippen LogP contribution in [0.1, 0.15) is 16.7 Å². The fraction of sp³-hybridized carbons (Fsp3) is 0. The second kappa shape index (κ2) is 12.5. The molecule has 0 aromatic heterocycles. The molecule has 0 aliphatic heterocycles. The fourth-order valence-electron chi connectivity index (χ4n) is 1.43. The normalized spacial score (nSPS) is 8.18. The van der Waals surface area contributed by atoms with E-state index in [1.165, 1.54) is 0 Å². The zero-order chi connectivity index (χ0) is 15.3. The Kier molecular flexibility index (Phi) is 11.3. The van der Waals surface area contributed by atoms with Crippen molar-refractivity contribution in [3.63, 3.8) is 0 Å². The van der Waals surface area contributed by atoms with Gasteiger partial charge >= 0.3 is 17.4 Å². The Balaban J connectivity index is 0.000000294. The summed E-state index contributed by atoms with van der Waals surface area (Å²) < 4.78 is 0. The van der Waals surface area contributed by atoms with E-state index in [4.69, 9.17) is 0 Å². The minimum absolute atomic E-state index is 0. The molecule has 0 aliphatic carbocycles. The molecule has 0 spiro atoms. The van der Waals surface area contributed by atoms with E-state index >= 15 is 0 Å². The molecule has 1 radical (unpaired) electrons. The van der Waals surface area contributed by atoms with Crippen molar-refractivity contribution >= 4 is 0 Å². The molecule has 0 saturated carbocycles. The van der Waals surface area contributed by atoms with E-state index in [1.807, 2.05) is 91.0 Å². The van der Waals surface area contributed by atoms with Crippen molar-refractivity contribution in [3.8, 4) is 0 Å². The Hall–Kier alpha value is -2.20. The minimum atomic E-state index is 0. The van der Waals surface area contributed by atoms with Crippen LogP contribution in [0.2, 0.25) is 0 Å². The van der Waals surface area contributed by atoms with E-state index in [-0.39, 0.29) is 17.4 Å². The molecular formula is C21H21Cr. The zero-order valence-corrected chi connectivity index (χ0v) is 14.0. The maximum Gasteiger partial charge on any atom is 3.00 e. The summed E-state index contributed by atoms with van der Waals surface area (Å²) in [5.41, 5.74) is 3.22. The van der Waals surface area contributed by atoms with Crippen molar-refractivity contribution in [2.45, 2.75) is 0 Å². The molecule has 22 heavy (non-hydrogen) atoms. The molecule has 0 bridgehead atoms. The topological polar surface area (TPSA) is 0 Å². The predicted octanol–water partition coefficient (Wildman–Crippen LogP) is 5.60. The van der Waals surface area contributed by atoms with Gasteiger partial charge in [0, 0.05) is 0 Å². The molecule has 3 aromatic rings. The van der Waals surface area contributed by atoms with Gasteiger partial charge in [-0.05, 0) is 0 Å². The van der Waals surface area contributed by atoms with Crippen LogP contribution < -0.4 is 0 Å². The predicted molar refractivity (Wildman–Crippen MR) is 92.7 cm³/mol. The molecule has 0 amide bonds. The molecule has 3 rings (SSSR count). The van der Waals surface area contributed by atoms with Crippen LogP contribution in [-0.2, 0) is 17.4 Å². The Labute approximate surface area is 146 Å². The van der Waals surface area contributed by atoms with Gasteiger partial charge in [-0.3, -0.25) is 0 Å². The minimum Gasteiger partial charge on any atom is -0.199 e. The number of rotatable bonds is 0. The van der Waals surface area contributed by atoms with E-state index in [2.05, 4.69) is 20.8 Å². The number of hydrogen-bond donors (Lipinski definition) is 0. The average molecular weight is 325 g/mol. The van der Waals surface area contributed by atoms with Gasteiger partial charge in [-0.1, -0.05) is 18.2 Å². The van der Waals surface area contributed by atoms with Crippen molar-refractivity contribution in [1.82, 2.24) is 0 Å². The fourth-order valence-corrected chi connectivity index (χ4v) is 1.43.